The Morgan fingerprint density at radius 3 is 2.79 bits per heavy atom. The van der Waals surface area contributed by atoms with Crippen molar-refractivity contribution in [1.82, 2.24) is 0 Å². The number of anilines is 2. The van der Waals surface area contributed by atoms with E-state index in [1.54, 1.807) is 36.4 Å². The molecule has 0 bridgehead atoms. The molecule has 2 rings (SSSR count). The maximum absolute atomic E-state index is 12.2. The predicted octanol–water partition coefficient (Wildman–Crippen LogP) is 4.25. The minimum atomic E-state index is -0.215. The molecule has 2 aromatic rings. The Labute approximate surface area is 124 Å². The van der Waals surface area contributed by atoms with E-state index in [4.69, 9.17) is 17.3 Å². The second-order valence-corrected chi connectivity index (χ2v) is 5.39. The quantitative estimate of drug-likeness (QED) is 0.804. The van der Waals surface area contributed by atoms with E-state index in [1.807, 2.05) is 6.92 Å². The van der Waals surface area contributed by atoms with E-state index in [9.17, 15) is 4.79 Å². The van der Waals surface area contributed by atoms with Crippen molar-refractivity contribution in [3.63, 3.8) is 0 Å². The molecule has 0 spiro atoms. The van der Waals surface area contributed by atoms with Crippen LogP contribution in [-0.2, 0) is 0 Å². The number of hydrogen-bond donors (Lipinski definition) is 2. The Hall–Kier alpha value is -1.52. The minimum Gasteiger partial charge on any atom is -0.398 e. The van der Waals surface area contributed by atoms with E-state index < -0.39 is 0 Å². The normalized spacial score (nSPS) is 10.3. The van der Waals surface area contributed by atoms with Gasteiger partial charge in [-0.2, -0.15) is 0 Å². The van der Waals surface area contributed by atoms with E-state index >= 15 is 0 Å². The Morgan fingerprint density at radius 1 is 1.32 bits per heavy atom. The van der Waals surface area contributed by atoms with Gasteiger partial charge in [-0.1, -0.05) is 17.7 Å². The van der Waals surface area contributed by atoms with Crippen molar-refractivity contribution in [2.24, 2.45) is 0 Å². The summed E-state index contributed by atoms with van der Waals surface area (Å²) in [6.45, 7) is 1.82. The van der Waals surface area contributed by atoms with Gasteiger partial charge >= 0.3 is 0 Å². The molecular formula is C14H12BrClN2O. The van der Waals surface area contributed by atoms with Crippen molar-refractivity contribution in [3.8, 4) is 0 Å². The third kappa shape index (κ3) is 3.08. The van der Waals surface area contributed by atoms with Crippen LogP contribution in [0.4, 0.5) is 11.4 Å². The van der Waals surface area contributed by atoms with Crippen molar-refractivity contribution < 1.29 is 4.79 Å². The van der Waals surface area contributed by atoms with Crippen molar-refractivity contribution >= 4 is 44.8 Å². The van der Waals surface area contributed by atoms with Gasteiger partial charge in [-0.3, -0.25) is 4.79 Å². The molecular weight excluding hydrogens is 328 g/mol. The minimum absolute atomic E-state index is 0.215. The van der Waals surface area contributed by atoms with Gasteiger partial charge in [0.15, 0.2) is 0 Å². The number of carbonyl (C=O) groups excluding carboxylic acids is 1. The summed E-state index contributed by atoms with van der Waals surface area (Å²) in [4.78, 5) is 12.2. The maximum atomic E-state index is 12.2. The number of carbonyl (C=O) groups is 1. The van der Waals surface area contributed by atoms with Crippen LogP contribution >= 0.6 is 27.5 Å². The smallest absolute Gasteiger partial charge is 0.256 e. The third-order valence-corrected chi connectivity index (χ3v) is 3.72. The molecule has 0 aromatic heterocycles. The lowest BCUT2D eigenvalue weighted by Gasteiger charge is -2.10. The van der Waals surface area contributed by atoms with Crippen LogP contribution in [0.5, 0.6) is 0 Å². The monoisotopic (exact) mass is 338 g/mol. The molecule has 5 heteroatoms. The van der Waals surface area contributed by atoms with Crippen LogP contribution in [0, 0.1) is 6.92 Å². The number of benzene rings is 2. The molecule has 1 amide bonds. The number of halogens is 2. The lowest BCUT2D eigenvalue weighted by atomic mass is 10.1. The van der Waals surface area contributed by atoms with Gasteiger partial charge in [-0.05, 0) is 58.7 Å². The van der Waals surface area contributed by atoms with E-state index in [-0.39, 0.29) is 5.91 Å². The zero-order chi connectivity index (χ0) is 14.0. The predicted molar refractivity (Wildman–Crippen MR) is 82.7 cm³/mol. The second kappa shape index (κ2) is 5.63. The number of nitrogen functional groups attached to an aromatic ring is 1. The summed E-state index contributed by atoms with van der Waals surface area (Å²) in [6.07, 6.45) is 0. The summed E-state index contributed by atoms with van der Waals surface area (Å²) < 4.78 is 0.770. The fourth-order valence-electron chi connectivity index (χ4n) is 1.68. The van der Waals surface area contributed by atoms with E-state index in [0.29, 0.717) is 22.0 Å². The molecule has 0 radical (unpaired) electrons. The Balaban J connectivity index is 2.31. The molecule has 0 fully saturated rings. The molecule has 0 unspecified atom stereocenters. The topological polar surface area (TPSA) is 55.1 Å². The molecule has 0 heterocycles. The largest absolute Gasteiger partial charge is 0.398 e. The van der Waals surface area contributed by atoms with Crippen LogP contribution in [0.3, 0.4) is 0 Å². The lowest BCUT2D eigenvalue weighted by molar-refractivity contribution is 0.102. The average Bonchev–Trinajstić information content (AvgIpc) is 2.37. The van der Waals surface area contributed by atoms with Gasteiger partial charge < -0.3 is 11.1 Å². The molecule has 0 atom stereocenters. The molecule has 0 saturated carbocycles. The van der Waals surface area contributed by atoms with Crippen LogP contribution in [0.1, 0.15) is 15.9 Å². The zero-order valence-corrected chi connectivity index (χ0v) is 12.5. The van der Waals surface area contributed by atoms with Gasteiger partial charge in [-0.15, -0.1) is 0 Å². The molecule has 0 saturated heterocycles. The van der Waals surface area contributed by atoms with E-state index in [0.717, 1.165) is 10.0 Å². The van der Waals surface area contributed by atoms with Crippen LogP contribution in [0.15, 0.2) is 40.9 Å². The summed E-state index contributed by atoms with van der Waals surface area (Å²) in [5.41, 5.74) is 8.33. The Kier molecular flexibility index (Phi) is 4.12. The first-order valence-electron chi connectivity index (χ1n) is 5.60. The van der Waals surface area contributed by atoms with Crippen LogP contribution in [0.2, 0.25) is 5.02 Å². The van der Waals surface area contributed by atoms with Crippen molar-refractivity contribution in [2.75, 3.05) is 11.1 Å². The Bertz CT molecular complexity index is 643. The molecule has 0 aliphatic rings. The van der Waals surface area contributed by atoms with Crippen LogP contribution in [-0.4, -0.2) is 5.91 Å². The van der Waals surface area contributed by atoms with E-state index in [1.165, 1.54) is 0 Å². The summed E-state index contributed by atoms with van der Waals surface area (Å²) in [5.74, 6) is -0.215. The maximum Gasteiger partial charge on any atom is 0.256 e. The molecule has 0 aliphatic carbocycles. The van der Waals surface area contributed by atoms with Gasteiger partial charge in [0.25, 0.3) is 5.91 Å². The molecule has 3 nitrogen and oxygen atoms in total. The van der Waals surface area contributed by atoms with Crippen molar-refractivity contribution in [1.29, 1.82) is 0 Å². The average molecular weight is 340 g/mol. The van der Waals surface area contributed by atoms with Crippen molar-refractivity contribution in [3.05, 3.63) is 57.0 Å². The highest BCUT2D eigenvalue weighted by atomic mass is 79.9. The van der Waals surface area contributed by atoms with Gasteiger partial charge in [0, 0.05) is 20.7 Å². The second-order valence-electron chi connectivity index (χ2n) is 4.10. The molecule has 98 valence electrons. The number of amides is 1. The molecule has 3 N–H and O–H groups in total. The Morgan fingerprint density at radius 2 is 2.05 bits per heavy atom. The summed E-state index contributed by atoms with van der Waals surface area (Å²) in [7, 11) is 0. The van der Waals surface area contributed by atoms with Gasteiger partial charge in [-0.25, -0.2) is 0 Å². The van der Waals surface area contributed by atoms with Crippen LogP contribution < -0.4 is 11.1 Å². The number of rotatable bonds is 2. The molecule has 2 aromatic carbocycles. The first-order chi connectivity index (χ1) is 8.99. The highest BCUT2D eigenvalue weighted by Crippen LogP contribution is 2.27. The van der Waals surface area contributed by atoms with Gasteiger partial charge in [0.05, 0.1) is 5.69 Å². The SMILES string of the molecule is Cc1c(N)cccc1C(=O)Nc1cc(Cl)ccc1Br. The zero-order valence-electron chi connectivity index (χ0n) is 10.2. The standard InChI is InChI=1S/C14H12BrClN2O/c1-8-10(3-2-4-12(8)17)14(19)18-13-7-9(16)5-6-11(13)15/h2-7H,17H2,1H3,(H,18,19). The fourth-order valence-corrected chi connectivity index (χ4v) is 2.20. The van der Waals surface area contributed by atoms with E-state index in [2.05, 4.69) is 21.2 Å². The highest BCUT2D eigenvalue weighted by Gasteiger charge is 2.12. The lowest BCUT2D eigenvalue weighted by Crippen LogP contribution is -2.14. The first-order valence-corrected chi connectivity index (χ1v) is 6.77. The molecule has 19 heavy (non-hydrogen) atoms. The first kappa shape index (κ1) is 13.9. The fraction of sp³-hybridized carbons (Fsp3) is 0.0714. The van der Waals surface area contributed by atoms with Crippen LogP contribution in [0.25, 0.3) is 0 Å². The summed E-state index contributed by atoms with van der Waals surface area (Å²) in [5, 5.41) is 3.37. The van der Waals surface area contributed by atoms with Gasteiger partial charge in [0.2, 0.25) is 0 Å². The summed E-state index contributed by atoms with van der Waals surface area (Å²) in [6, 6.07) is 10.5. The number of nitrogens with one attached hydrogen (secondary N) is 1. The third-order valence-electron chi connectivity index (χ3n) is 2.80. The highest BCUT2D eigenvalue weighted by molar-refractivity contribution is 9.10. The van der Waals surface area contributed by atoms with Gasteiger partial charge in [0.1, 0.15) is 0 Å². The number of nitrogens with two attached hydrogens (primary N) is 1. The molecule has 0 aliphatic heterocycles. The number of hydrogen-bond acceptors (Lipinski definition) is 2. The summed E-state index contributed by atoms with van der Waals surface area (Å²) >= 11 is 9.28. The van der Waals surface area contributed by atoms with Crippen molar-refractivity contribution in [2.45, 2.75) is 6.92 Å².